The Labute approximate surface area is 115 Å². The Balaban J connectivity index is 1.77. The predicted octanol–water partition coefficient (Wildman–Crippen LogP) is 3.83. The highest BCUT2D eigenvalue weighted by atomic mass is 32.1. The summed E-state index contributed by atoms with van der Waals surface area (Å²) in [6, 6.07) is 17.9. The van der Waals surface area contributed by atoms with Crippen LogP contribution >= 0.6 is 11.3 Å². The molecule has 0 saturated carbocycles. The van der Waals surface area contributed by atoms with Crippen LogP contribution in [0.2, 0.25) is 0 Å². The molecule has 0 aliphatic carbocycles. The largest absolute Gasteiger partial charge is 0.348 e. The summed E-state index contributed by atoms with van der Waals surface area (Å²) in [5.41, 5.74) is 1.87. The maximum Gasteiger partial charge on any atom is 0.253 e. The summed E-state index contributed by atoms with van der Waals surface area (Å²) < 4.78 is 1.15. The molecule has 0 fully saturated rings. The van der Waals surface area contributed by atoms with Gasteiger partial charge in [-0.2, -0.15) is 0 Å². The van der Waals surface area contributed by atoms with Gasteiger partial charge in [0.25, 0.3) is 5.91 Å². The van der Waals surface area contributed by atoms with Crippen LogP contribution < -0.4 is 5.32 Å². The molecule has 3 heteroatoms. The van der Waals surface area contributed by atoms with Crippen molar-refractivity contribution in [3.63, 3.8) is 0 Å². The van der Waals surface area contributed by atoms with Gasteiger partial charge in [0, 0.05) is 22.0 Å². The van der Waals surface area contributed by atoms with Gasteiger partial charge in [-0.25, -0.2) is 0 Å². The molecule has 3 rings (SSSR count). The smallest absolute Gasteiger partial charge is 0.253 e. The van der Waals surface area contributed by atoms with E-state index in [0.29, 0.717) is 6.54 Å². The molecule has 3 aromatic rings. The van der Waals surface area contributed by atoms with Crippen LogP contribution in [0.1, 0.15) is 15.9 Å². The van der Waals surface area contributed by atoms with E-state index in [4.69, 9.17) is 0 Å². The molecule has 2 aromatic carbocycles. The number of fused-ring (bicyclic) bond motifs is 1. The fourth-order valence-corrected chi connectivity index (χ4v) is 2.97. The van der Waals surface area contributed by atoms with E-state index in [2.05, 4.69) is 5.32 Å². The molecular weight excluding hydrogens is 254 g/mol. The third kappa shape index (κ3) is 2.51. The van der Waals surface area contributed by atoms with E-state index < -0.39 is 0 Å². The first kappa shape index (κ1) is 11.9. The summed E-state index contributed by atoms with van der Waals surface area (Å²) in [7, 11) is 0. The number of carbonyl (C=O) groups is 1. The van der Waals surface area contributed by atoms with Crippen molar-refractivity contribution in [2.45, 2.75) is 6.54 Å². The van der Waals surface area contributed by atoms with Gasteiger partial charge in [0.05, 0.1) is 5.56 Å². The van der Waals surface area contributed by atoms with E-state index in [1.54, 1.807) is 11.3 Å². The van der Waals surface area contributed by atoms with Crippen LogP contribution in [0.15, 0.2) is 60.0 Å². The second kappa shape index (κ2) is 5.24. The topological polar surface area (TPSA) is 29.1 Å². The van der Waals surface area contributed by atoms with Gasteiger partial charge >= 0.3 is 0 Å². The van der Waals surface area contributed by atoms with E-state index in [1.165, 1.54) is 0 Å². The summed E-state index contributed by atoms with van der Waals surface area (Å²) in [6.45, 7) is 0.559. The summed E-state index contributed by atoms with van der Waals surface area (Å²) in [4.78, 5) is 12.2. The normalized spacial score (nSPS) is 10.5. The molecule has 0 radical (unpaired) electrons. The zero-order valence-electron chi connectivity index (χ0n) is 10.3. The Hall–Kier alpha value is -2.13. The molecule has 1 heterocycles. The Morgan fingerprint density at radius 1 is 1.00 bits per heavy atom. The highest BCUT2D eigenvalue weighted by molar-refractivity contribution is 7.17. The quantitative estimate of drug-likeness (QED) is 0.767. The molecule has 0 saturated heterocycles. The maximum atomic E-state index is 12.2. The lowest BCUT2D eigenvalue weighted by Gasteiger charge is -2.04. The summed E-state index contributed by atoms with van der Waals surface area (Å²) >= 11 is 1.60. The van der Waals surface area contributed by atoms with Crippen LogP contribution in [-0.2, 0) is 6.54 Å². The molecule has 0 bridgehead atoms. The fourth-order valence-electron chi connectivity index (χ4n) is 2.03. The molecule has 1 N–H and O–H groups in total. The first-order chi connectivity index (χ1) is 9.34. The van der Waals surface area contributed by atoms with Crippen LogP contribution in [0.3, 0.4) is 0 Å². The molecule has 0 spiro atoms. The van der Waals surface area contributed by atoms with Crippen LogP contribution in [-0.4, -0.2) is 5.91 Å². The number of thiophene rings is 1. The third-order valence-electron chi connectivity index (χ3n) is 3.02. The Morgan fingerprint density at radius 2 is 1.74 bits per heavy atom. The van der Waals surface area contributed by atoms with Gasteiger partial charge < -0.3 is 5.32 Å². The number of hydrogen-bond acceptors (Lipinski definition) is 2. The van der Waals surface area contributed by atoms with E-state index in [0.717, 1.165) is 21.2 Å². The van der Waals surface area contributed by atoms with Gasteiger partial charge in [0.2, 0.25) is 0 Å². The molecule has 0 unspecified atom stereocenters. The van der Waals surface area contributed by atoms with Crippen molar-refractivity contribution in [2.24, 2.45) is 0 Å². The first-order valence-electron chi connectivity index (χ1n) is 6.13. The fraction of sp³-hybridized carbons (Fsp3) is 0.0625. The Morgan fingerprint density at radius 3 is 2.58 bits per heavy atom. The summed E-state index contributed by atoms with van der Waals surface area (Å²) in [6.07, 6.45) is 0. The predicted molar refractivity (Wildman–Crippen MR) is 79.4 cm³/mol. The molecule has 0 aliphatic rings. The van der Waals surface area contributed by atoms with Gasteiger partial charge in [-0.1, -0.05) is 48.5 Å². The van der Waals surface area contributed by atoms with E-state index in [1.807, 2.05) is 60.0 Å². The lowest BCUT2D eigenvalue weighted by Crippen LogP contribution is -2.22. The van der Waals surface area contributed by atoms with Crippen molar-refractivity contribution in [1.82, 2.24) is 5.32 Å². The number of rotatable bonds is 3. The second-order valence-corrected chi connectivity index (χ2v) is 5.23. The van der Waals surface area contributed by atoms with Crippen LogP contribution in [0.5, 0.6) is 0 Å². The highest BCUT2D eigenvalue weighted by Crippen LogP contribution is 2.25. The van der Waals surface area contributed by atoms with E-state index in [-0.39, 0.29) is 5.91 Å². The molecule has 19 heavy (non-hydrogen) atoms. The molecular formula is C16H13NOS. The van der Waals surface area contributed by atoms with Gasteiger partial charge in [0.1, 0.15) is 0 Å². The Bertz CT molecular complexity index is 703. The van der Waals surface area contributed by atoms with Crippen molar-refractivity contribution < 1.29 is 4.79 Å². The van der Waals surface area contributed by atoms with Crippen molar-refractivity contribution in [1.29, 1.82) is 0 Å². The molecule has 1 amide bonds. The second-order valence-electron chi connectivity index (χ2n) is 4.31. The van der Waals surface area contributed by atoms with Crippen molar-refractivity contribution in [3.8, 4) is 0 Å². The molecule has 1 aromatic heterocycles. The van der Waals surface area contributed by atoms with E-state index in [9.17, 15) is 4.79 Å². The Kier molecular flexibility index (Phi) is 3.29. The average Bonchev–Trinajstić information content (AvgIpc) is 2.90. The zero-order valence-corrected chi connectivity index (χ0v) is 11.1. The number of amides is 1. The SMILES string of the molecule is O=C(NCc1ccccc1)c1csc2ccccc12. The molecule has 0 atom stereocenters. The zero-order chi connectivity index (χ0) is 13.1. The van der Waals surface area contributed by atoms with Gasteiger partial charge in [-0.3, -0.25) is 4.79 Å². The lowest BCUT2D eigenvalue weighted by molar-refractivity contribution is 0.0953. The van der Waals surface area contributed by atoms with Gasteiger partial charge in [-0.15, -0.1) is 11.3 Å². The summed E-state index contributed by atoms with van der Waals surface area (Å²) in [5.74, 6) is -0.0127. The van der Waals surface area contributed by atoms with Gasteiger partial charge in [0.15, 0.2) is 0 Å². The van der Waals surface area contributed by atoms with Crippen molar-refractivity contribution >= 4 is 27.3 Å². The number of hydrogen-bond donors (Lipinski definition) is 1. The number of benzene rings is 2. The standard InChI is InChI=1S/C16H13NOS/c18-16(17-10-12-6-2-1-3-7-12)14-11-19-15-9-5-4-8-13(14)15/h1-9,11H,10H2,(H,17,18). The minimum Gasteiger partial charge on any atom is -0.348 e. The van der Waals surface area contributed by atoms with Crippen LogP contribution in [0, 0.1) is 0 Å². The minimum atomic E-state index is -0.0127. The monoisotopic (exact) mass is 267 g/mol. The van der Waals surface area contributed by atoms with E-state index >= 15 is 0 Å². The maximum absolute atomic E-state index is 12.2. The highest BCUT2D eigenvalue weighted by Gasteiger charge is 2.11. The van der Waals surface area contributed by atoms with Crippen molar-refractivity contribution in [3.05, 3.63) is 71.1 Å². The van der Waals surface area contributed by atoms with Crippen LogP contribution in [0.25, 0.3) is 10.1 Å². The first-order valence-corrected chi connectivity index (χ1v) is 7.01. The number of carbonyl (C=O) groups excluding carboxylic acids is 1. The molecule has 94 valence electrons. The van der Waals surface area contributed by atoms with Crippen LogP contribution in [0.4, 0.5) is 0 Å². The minimum absolute atomic E-state index is 0.0127. The third-order valence-corrected chi connectivity index (χ3v) is 3.98. The average molecular weight is 267 g/mol. The van der Waals surface area contributed by atoms with Gasteiger partial charge in [-0.05, 0) is 11.6 Å². The van der Waals surface area contributed by atoms with Crippen molar-refractivity contribution in [2.75, 3.05) is 0 Å². The molecule has 0 aliphatic heterocycles. The summed E-state index contributed by atoms with van der Waals surface area (Å²) in [5, 5.41) is 5.91. The lowest BCUT2D eigenvalue weighted by atomic mass is 10.1. The number of nitrogens with one attached hydrogen (secondary N) is 1. The molecule has 2 nitrogen and oxygen atoms in total.